The van der Waals surface area contributed by atoms with Gasteiger partial charge in [-0.3, -0.25) is 24.6 Å². The molecule has 2 amide bonds. The summed E-state index contributed by atoms with van der Waals surface area (Å²) in [7, 11) is 0. The maximum atomic E-state index is 13.1. The number of nitrogens with zero attached hydrogens (tertiary/aromatic N) is 4. The van der Waals surface area contributed by atoms with Gasteiger partial charge in [0.1, 0.15) is 5.69 Å². The van der Waals surface area contributed by atoms with Crippen molar-refractivity contribution in [3.05, 3.63) is 91.6 Å². The van der Waals surface area contributed by atoms with Crippen molar-refractivity contribution >= 4 is 40.4 Å². The number of aryl methyl sites for hydroxylation is 2. The lowest BCUT2D eigenvalue weighted by Crippen LogP contribution is -2.27. The number of amides is 2. The highest BCUT2D eigenvalue weighted by atomic mass is 32.2. The van der Waals surface area contributed by atoms with E-state index in [0.29, 0.717) is 16.3 Å². The van der Waals surface area contributed by atoms with Gasteiger partial charge in [0.15, 0.2) is 0 Å². The Morgan fingerprint density at radius 3 is 2.38 bits per heavy atom. The predicted molar refractivity (Wildman–Crippen MR) is 146 cm³/mol. The van der Waals surface area contributed by atoms with Crippen LogP contribution in [0, 0.1) is 30.9 Å². The standard InChI is InChI=1S/C28H28N4O4S/c1-18-6-8-21(9-7-18)17-30-27(33)26(37-28(30)34)15-22-14-19(2)31(20(22)3)23-10-11-24(25(16-23)32(35)36)29-12-4-5-13-29/h6-11,14-16H,4-5,12-13,17H2,1-3H3/b26-15-. The minimum atomic E-state index is -0.323. The second kappa shape index (κ2) is 9.89. The molecular weight excluding hydrogens is 488 g/mol. The molecule has 0 bridgehead atoms. The number of rotatable bonds is 6. The van der Waals surface area contributed by atoms with E-state index < -0.39 is 0 Å². The molecule has 0 saturated carbocycles. The van der Waals surface area contributed by atoms with Crippen molar-refractivity contribution in [1.29, 1.82) is 0 Å². The van der Waals surface area contributed by atoms with Crippen LogP contribution < -0.4 is 4.90 Å². The molecule has 0 atom stereocenters. The molecule has 3 aromatic rings. The number of benzene rings is 2. The Morgan fingerprint density at radius 1 is 1.00 bits per heavy atom. The van der Waals surface area contributed by atoms with Crippen molar-refractivity contribution in [2.75, 3.05) is 18.0 Å². The zero-order chi connectivity index (χ0) is 26.3. The molecule has 37 heavy (non-hydrogen) atoms. The lowest BCUT2D eigenvalue weighted by molar-refractivity contribution is -0.384. The van der Waals surface area contributed by atoms with E-state index >= 15 is 0 Å². The molecule has 190 valence electrons. The SMILES string of the molecule is Cc1ccc(CN2C(=O)S/C(=C\c3cc(C)n(-c4ccc(N5CCCC5)c([N+](=O)[O-])c4)c3C)C2=O)cc1. The smallest absolute Gasteiger partial charge is 0.294 e. The zero-order valence-electron chi connectivity index (χ0n) is 21.1. The van der Waals surface area contributed by atoms with E-state index in [9.17, 15) is 19.7 Å². The first-order valence-electron chi connectivity index (χ1n) is 12.3. The lowest BCUT2D eigenvalue weighted by atomic mass is 10.1. The Bertz CT molecular complexity index is 1440. The van der Waals surface area contributed by atoms with Crippen LogP contribution in [0.15, 0.2) is 53.4 Å². The molecule has 0 aliphatic carbocycles. The minimum absolute atomic E-state index is 0.0886. The molecular formula is C28H28N4O4S. The molecule has 1 aromatic heterocycles. The number of nitro benzene ring substituents is 1. The van der Waals surface area contributed by atoms with Crippen LogP contribution in [0.5, 0.6) is 0 Å². The summed E-state index contributed by atoms with van der Waals surface area (Å²) in [5, 5.41) is 11.6. The molecule has 3 heterocycles. The van der Waals surface area contributed by atoms with E-state index in [1.54, 1.807) is 12.1 Å². The first kappa shape index (κ1) is 24.8. The van der Waals surface area contributed by atoms with Crippen molar-refractivity contribution in [1.82, 2.24) is 9.47 Å². The van der Waals surface area contributed by atoms with Gasteiger partial charge in [-0.1, -0.05) is 29.8 Å². The number of anilines is 1. The van der Waals surface area contributed by atoms with Gasteiger partial charge in [0.05, 0.1) is 22.1 Å². The Balaban J connectivity index is 1.44. The second-order valence-corrected chi connectivity index (χ2v) is 10.5. The van der Waals surface area contributed by atoms with Crippen molar-refractivity contribution in [2.45, 2.75) is 40.2 Å². The van der Waals surface area contributed by atoms with Crippen molar-refractivity contribution in [3.8, 4) is 5.69 Å². The van der Waals surface area contributed by atoms with Crippen LogP contribution in [-0.4, -0.2) is 38.6 Å². The first-order chi connectivity index (χ1) is 17.7. The van der Waals surface area contributed by atoms with Crippen LogP contribution in [0.2, 0.25) is 0 Å². The monoisotopic (exact) mass is 516 g/mol. The topological polar surface area (TPSA) is 88.7 Å². The van der Waals surface area contributed by atoms with Gasteiger partial charge in [-0.25, -0.2) is 0 Å². The van der Waals surface area contributed by atoms with Gasteiger partial charge in [0, 0.05) is 30.5 Å². The van der Waals surface area contributed by atoms with E-state index in [1.165, 1.54) is 4.90 Å². The summed E-state index contributed by atoms with van der Waals surface area (Å²) in [6, 6.07) is 15.0. The molecule has 8 nitrogen and oxygen atoms in total. The molecule has 0 spiro atoms. The molecule has 2 aliphatic rings. The summed E-state index contributed by atoms with van der Waals surface area (Å²) in [5.41, 5.74) is 5.95. The van der Waals surface area contributed by atoms with Gasteiger partial charge in [0.25, 0.3) is 16.8 Å². The largest absolute Gasteiger partial charge is 0.366 e. The number of hydrogen-bond acceptors (Lipinski definition) is 6. The van der Waals surface area contributed by atoms with Crippen molar-refractivity contribution in [3.63, 3.8) is 0 Å². The third-order valence-electron chi connectivity index (χ3n) is 6.95. The highest BCUT2D eigenvalue weighted by molar-refractivity contribution is 8.18. The normalized spacial score (nSPS) is 16.9. The fourth-order valence-electron chi connectivity index (χ4n) is 5.01. The Hall–Kier alpha value is -3.85. The fourth-order valence-corrected chi connectivity index (χ4v) is 5.84. The lowest BCUT2D eigenvalue weighted by Gasteiger charge is -2.19. The van der Waals surface area contributed by atoms with Gasteiger partial charge in [-0.15, -0.1) is 0 Å². The third kappa shape index (κ3) is 4.79. The van der Waals surface area contributed by atoms with E-state index in [2.05, 4.69) is 4.90 Å². The fraction of sp³-hybridized carbons (Fsp3) is 0.286. The molecule has 0 unspecified atom stereocenters. The predicted octanol–water partition coefficient (Wildman–Crippen LogP) is 6.15. The first-order valence-corrected chi connectivity index (χ1v) is 13.1. The van der Waals surface area contributed by atoms with Gasteiger partial charge >= 0.3 is 0 Å². The van der Waals surface area contributed by atoms with Crippen LogP contribution in [0.1, 0.15) is 40.9 Å². The Kier molecular flexibility index (Phi) is 6.64. The van der Waals surface area contributed by atoms with Crippen LogP contribution in [0.4, 0.5) is 16.2 Å². The van der Waals surface area contributed by atoms with Crippen LogP contribution in [-0.2, 0) is 11.3 Å². The Morgan fingerprint density at radius 2 is 1.70 bits per heavy atom. The number of aromatic nitrogens is 1. The van der Waals surface area contributed by atoms with E-state index in [0.717, 1.165) is 65.8 Å². The number of carbonyl (C=O) groups excluding carboxylic acids is 2. The summed E-state index contributed by atoms with van der Waals surface area (Å²) in [5.74, 6) is -0.314. The summed E-state index contributed by atoms with van der Waals surface area (Å²) < 4.78 is 1.95. The average Bonchev–Trinajstić information content (AvgIpc) is 3.56. The molecule has 2 saturated heterocycles. The molecule has 0 radical (unpaired) electrons. The average molecular weight is 517 g/mol. The van der Waals surface area contributed by atoms with E-state index in [1.807, 2.05) is 67.8 Å². The highest BCUT2D eigenvalue weighted by Gasteiger charge is 2.35. The van der Waals surface area contributed by atoms with Crippen molar-refractivity contribution < 1.29 is 14.5 Å². The summed E-state index contributed by atoms with van der Waals surface area (Å²) in [6.45, 7) is 7.70. The molecule has 2 aromatic carbocycles. The van der Waals surface area contributed by atoms with Crippen LogP contribution >= 0.6 is 11.8 Å². The highest BCUT2D eigenvalue weighted by Crippen LogP contribution is 2.36. The molecule has 9 heteroatoms. The molecule has 2 aliphatic heterocycles. The molecule has 2 fully saturated rings. The van der Waals surface area contributed by atoms with Crippen LogP contribution in [0.25, 0.3) is 11.8 Å². The van der Waals surface area contributed by atoms with Gasteiger partial charge in [-0.2, -0.15) is 0 Å². The Labute approximate surface area is 219 Å². The number of thioether (sulfide) groups is 1. The zero-order valence-corrected chi connectivity index (χ0v) is 21.9. The van der Waals surface area contributed by atoms with Gasteiger partial charge in [0.2, 0.25) is 0 Å². The van der Waals surface area contributed by atoms with Crippen LogP contribution in [0.3, 0.4) is 0 Å². The van der Waals surface area contributed by atoms with Crippen molar-refractivity contribution in [2.24, 2.45) is 0 Å². The number of carbonyl (C=O) groups is 2. The summed E-state index contributed by atoms with van der Waals surface area (Å²) in [6.07, 6.45) is 3.81. The van der Waals surface area contributed by atoms with Gasteiger partial charge < -0.3 is 9.47 Å². The minimum Gasteiger partial charge on any atom is -0.366 e. The van der Waals surface area contributed by atoms with E-state index in [4.69, 9.17) is 0 Å². The van der Waals surface area contributed by atoms with E-state index in [-0.39, 0.29) is 28.3 Å². The van der Waals surface area contributed by atoms with Gasteiger partial charge in [-0.05, 0) is 80.8 Å². The maximum Gasteiger partial charge on any atom is 0.294 e. The summed E-state index contributed by atoms with van der Waals surface area (Å²) in [4.78, 5) is 41.0. The number of hydrogen-bond donors (Lipinski definition) is 0. The molecule has 5 rings (SSSR count). The number of imide groups is 1. The maximum absolute atomic E-state index is 13.1. The second-order valence-electron chi connectivity index (χ2n) is 9.54. The summed E-state index contributed by atoms with van der Waals surface area (Å²) >= 11 is 0.936. The third-order valence-corrected chi connectivity index (χ3v) is 7.86. The number of nitro groups is 1. The molecule has 0 N–H and O–H groups in total. The quantitative estimate of drug-likeness (QED) is 0.222.